The van der Waals surface area contributed by atoms with Gasteiger partial charge < -0.3 is 4.74 Å². The quantitative estimate of drug-likeness (QED) is 0.857. The second kappa shape index (κ2) is 7.41. The Morgan fingerprint density at radius 1 is 1.09 bits per heavy atom. The summed E-state index contributed by atoms with van der Waals surface area (Å²) in [7, 11) is 0. The maximum atomic E-state index is 6.13. The molecule has 22 heavy (non-hydrogen) atoms. The lowest BCUT2D eigenvalue weighted by atomic mass is 10.2. The predicted octanol–water partition coefficient (Wildman–Crippen LogP) is 3.82. The summed E-state index contributed by atoms with van der Waals surface area (Å²) in [5.41, 5.74) is 2.38. The van der Waals surface area contributed by atoms with Crippen molar-refractivity contribution in [2.24, 2.45) is 0 Å². The molecule has 0 bridgehead atoms. The van der Waals surface area contributed by atoms with Crippen LogP contribution >= 0.6 is 0 Å². The standard InChI is InChI=1S/C19H24N2O/c1-16-8-7-12-19(20-16)22-18-11-5-6-13-21(15-18)14-17-9-3-2-4-10-17/h2-4,7-10,12,18H,5-6,11,13-15H2,1H3. The van der Waals surface area contributed by atoms with Gasteiger partial charge in [0.25, 0.3) is 0 Å². The molecule has 2 heterocycles. The predicted molar refractivity (Wildman–Crippen MR) is 89.0 cm³/mol. The molecule has 1 saturated heterocycles. The zero-order chi connectivity index (χ0) is 15.2. The average Bonchev–Trinajstić information content (AvgIpc) is 2.73. The van der Waals surface area contributed by atoms with E-state index in [1.165, 1.54) is 18.4 Å². The molecule has 1 atom stereocenters. The van der Waals surface area contributed by atoms with Crippen LogP contribution in [0.4, 0.5) is 0 Å². The molecule has 1 fully saturated rings. The minimum Gasteiger partial charge on any atom is -0.473 e. The van der Waals surface area contributed by atoms with Crippen molar-refractivity contribution in [1.82, 2.24) is 9.88 Å². The largest absolute Gasteiger partial charge is 0.473 e. The summed E-state index contributed by atoms with van der Waals surface area (Å²) in [6, 6.07) is 16.7. The van der Waals surface area contributed by atoms with Crippen molar-refractivity contribution in [3.05, 3.63) is 59.8 Å². The Kier molecular flexibility index (Phi) is 5.07. The van der Waals surface area contributed by atoms with Crippen LogP contribution in [0.15, 0.2) is 48.5 Å². The van der Waals surface area contributed by atoms with Crippen LogP contribution in [0.1, 0.15) is 30.5 Å². The first-order valence-electron chi connectivity index (χ1n) is 8.16. The summed E-state index contributed by atoms with van der Waals surface area (Å²) in [5.74, 6) is 0.756. The van der Waals surface area contributed by atoms with E-state index >= 15 is 0 Å². The smallest absolute Gasteiger partial charge is 0.213 e. The van der Waals surface area contributed by atoms with Crippen molar-refractivity contribution in [3.63, 3.8) is 0 Å². The van der Waals surface area contributed by atoms with E-state index in [9.17, 15) is 0 Å². The fourth-order valence-electron chi connectivity index (χ4n) is 3.01. The summed E-state index contributed by atoms with van der Waals surface area (Å²) < 4.78 is 6.13. The Morgan fingerprint density at radius 2 is 1.95 bits per heavy atom. The zero-order valence-corrected chi connectivity index (χ0v) is 13.2. The second-order valence-corrected chi connectivity index (χ2v) is 6.07. The van der Waals surface area contributed by atoms with Gasteiger partial charge in [0.1, 0.15) is 6.10 Å². The maximum absolute atomic E-state index is 6.13. The van der Waals surface area contributed by atoms with E-state index in [0.29, 0.717) is 0 Å². The van der Waals surface area contributed by atoms with Crippen LogP contribution in [0.5, 0.6) is 5.88 Å². The minimum absolute atomic E-state index is 0.237. The second-order valence-electron chi connectivity index (χ2n) is 6.07. The van der Waals surface area contributed by atoms with Crippen molar-refractivity contribution in [3.8, 4) is 5.88 Å². The fourth-order valence-corrected chi connectivity index (χ4v) is 3.01. The normalized spacial score (nSPS) is 19.6. The van der Waals surface area contributed by atoms with Crippen LogP contribution in [0.2, 0.25) is 0 Å². The van der Waals surface area contributed by atoms with E-state index < -0.39 is 0 Å². The van der Waals surface area contributed by atoms with E-state index in [4.69, 9.17) is 4.74 Å². The molecular weight excluding hydrogens is 272 g/mol. The van der Waals surface area contributed by atoms with Crippen LogP contribution in [-0.2, 0) is 6.54 Å². The third-order valence-electron chi connectivity index (χ3n) is 4.11. The number of rotatable bonds is 4. The SMILES string of the molecule is Cc1cccc(OC2CCCCN(Cc3ccccc3)C2)n1. The Bertz CT molecular complexity index is 585. The highest BCUT2D eigenvalue weighted by atomic mass is 16.5. The molecule has 0 aliphatic carbocycles. The first-order chi connectivity index (χ1) is 10.8. The highest BCUT2D eigenvalue weighted by Gasteiger charge is 2.20. The molecule has 3 rings (SSSR count). The third-order valence-corrected chi connectivity index (χ3v) is 4.11. The molecule has 0 spiro atoms. The minimum atomic E-state index is 0.237. The van der Waals surface area contributed by atoms with Crippen LogP contribution in [0.3, 0.4) is 0 Å². The fraction of sp³-hybridized carbons (Fsp3) is 0.421. The number of nitrogens with zero attached hydrogens (tertiary/aromatic N) is 2. The average molecular weight is 296 g/mol. The molecular formula is C19H24N2O. The van der Waals surface area contributed by atoms with E-state index in [-0.39, 0.29) is 6.10 Å². The number of hydrogen-bond acceptors (Lipinski definition) is 3. The Balaban J connectivity index is 1.62. The van der Waals surface area contributed by atoms with Gasteiger partial charge in [0, 0.05) is 24.8 Å². The van der Waals surface area contributed by atoms with Gasteiger partial charge >= 0.3 is 0 Å². The van der Waals surface area contributed by atoms with Gasteiger partial charge in [-0.15, -0.1) is 0 Å². The number of pyridine rings is 1. The summed E-state index contributed by atoms with van der Waals surface area (Å²) in [6.45, 7) is 5.13. The number of likely N-dealkylation sites (tertiary alicyclic amines) is 1. The van der Waals surface area contributed by atoms with Gasteiger partial charge in [-0.3, -0.25) is 4.90 Å². The van der Waals surface area contributed by atoms with Crippen molar-refractivity contribution in [1.29, 1.82) is 0 Å². The van der Waals surface area contributed by atoms with E-state index in [0.717, 1.165) is 37.6 Å². The van der Waals surface area contributed by atoms with Crippen LogP contribution in [0.25, 0.3) is 0 Å². The number of aromatic nitrogens is 1. The molecule has 1 aromatic carbocycles. The first-order valence-corrected chi connectivity index (χ1v) is 8.16. The molecule has 1 aliphatic rings. The van der Waals surface area contributed by atoms with Crippen LogP contribution in [0, 0.1) is 6.92 Å². The van der Waals surface area contributed by atoms with Gasteiger partial charge in [0.15, 0.2) is 0 Å². The molecule has 1 aliphatic heterocycles. The molecule has 2 aromatic rings. The molecule has 0 amide bonds. The molecule has 116 valence electrons. The lowest BCUT2D eigenvalue weighted by Crippen LogP contribution is -2.33. The number of ether oxygens (including phenoxy) is 1. The zero-order valence-electron chi connectivity index (χ0n) is 13.2. The van der Waals surface area contributed by atoms with Crippen molar-refractivity contribution in [2.45, 2.75) is 38.8 Å². The summed E-state index contributed by atoms with van der Waals surface area (Å²) >= 11 is 0. The molecule has 0 radical (unpaired) electrons. The van der Waals surface area contributed by atoms with Crippen molar-refractivity contribution < 1.29 is 4.74 Å². The van der Waals surface area contributed by atoms with E-state index in [1.54, 1.807) is 0 Å². The van der Waals surface area contributed by atoms with E-state index in [2.05, 4.69) is 40.2 Å². The van der Waals surface area contributed by atoms with Crippen LogP contribution in [-0.4, -0.2) is 29.1 Å². The highest BCUT2D eigenvalue weighted by Crippen LogP contribution is 2.18. The number of aryl methyl sites for hydroxylation is 1. The van der Waals surface area contributed by atoms with Crippen molar-refractivity contribution in [2.75, 3.05) is 13.1 Å². The Labute approximate surface area is 132 Å². The lowest BCUT2D eigenvalue weighted by molar-refractivity contribution is 0.133. The van der Waals surface area contributed by atoms with Gasteiger partial charge in [-0.05, 0) is 44.4 Å². The highest BCUT2D eigenvalue weighted by molar-refractivity contribution is 5.16. The van der Waals surface area contributed by atoms with Gasteiger partial charge in [-0.1, -0.05) is 36.4 Å². The number of hydrogen-bond donors (Lipinski definition) is 0. The van der Waals surface area contributed by atoms with Gasteiger partial charge in [-0.2, -0.15) is 0 Å². The molecule has 3 heteroatoms. The van der Waals surface area contributed by atoms with Gasteiger partial charge in [0.05, 0.1) is 0 Å². The molecule has 1 aromatic heterocycles. The topological polar surface area (TPSA) is 25.4 Å². The Hall–Kier alpha value is -1.87. The lowest BCUT2D eigenvalue weighted by Gasteiger charge is -2.24. The van der Waals surface area contributed by atoms with Gasteiger partial charge in [-0.25, -0.2) is 4.98 Å². The first kappa shape index (κ1) is 15.0. The summed E-state index contributed by atoms with van der Waals surface area (Å²) in [5, 5.41) is 0. The summed E-state index contributed by atoms with van der Waals surface area (Å²) in [6.07, 6.45) is 3.82. The third kappa shape index (κ3) is 4.31. The summed E-state index contributed by atoms with van der Waals surface area (Å²) in [4.78, 5) is 6.97. The monoisotopic (exact) mass is 296 g/mol. The molecule has 0 N–H and O–H groups in total. The van der Waals surface area contributed by atoms with Gasteiger partial charge in [0.2, 0.25) is 5.88 Å². The molecule has 3 nitrogen and oxygen atoms in total. The molecule has 0 saturated carbocycles. The maximum Gasteiger partial charge on any atom is 0.213 e. The molecule has 1 unspecified atom stereocenters. The number of benzene rings is 1. The van der Waals surface area contributed by atoms with E-state index in [1.807, 2.05) is 25.1 Å². The van der Waals surface area contributed by atoms with Crippen molar-refractivity contribution >= 4 is 0 Å². The Morgan fingerprint density at radius 3 is 2.77 bits per heavy atom. The van der Waals surface area contributed by atoms with Crippen LogP contribution < -0.4 is 4.74 Å².